The molecule has 0 saturated heterocycles. The number of hydrogen-bond acceptors (Lipinski definition) is 4. The third-order valence-corrected chi connectivity index (χ3v) is 1.92. The van der Waals surface area contributed by atoms with Crippen molar-refractivity contribution < 1.29 is 4.79 Å². The van der Waals surface area contributed by atoms with Crippen molar-refractivity contribution in [3.8, 4) is 0 Å². The molecule has 82 valence electrons. The van der Waals surface area contributed by atoms with Gasteiger partial charge < -0.3 is 5.32 Å². The van der Waals surface area contributed by atoms with Gasteiger partial charge in [-0.25, -0.2) is 9.89 Å². The Bertz CT molecular complexity index is 461. The van der Waals surface area contributed by atoms with Gasteiger partial charge in [-0.1, -0.05) is 6.92 Å². The molecule has 1 rings (SSSR count). The second kappa shape index (κ2) is 4.54. The monoisotopic (exact) mass is 212 g/mol. The van der Waals surface area contributed by atoms with Gasteiger partial charge >= 0.3 is 5.69 Å². The summed E-state index contributed by atoms with van der Waals surface area (Å²) in [6, 6.07) is -0.0503. The maximum Gasteiger partial charge on any atom is 0.342 e. The molecule has 1 amide bonds. The van der Waals surface area contributed by atoms with E-state index in [-0.39, 0.29) is 11.7 Å². The maximum absolute atomic E-state index is 11.4. The number of nitrogens with zero attached hydrogens (tertiary/aromatic N) is 1. The van der Waals surface area contributed by atoms with E-state index in [0.29, 0.717) is 0 Å². The van der Waals surface area contributed by atoms with Gasteiger partial charge in [-0.15, -0.1) is 0 Å². The highest BCUT2D eigenvalue weighted by molar-refractivity contribution is 5.91. The lowest BCUT2D eigenvalue weighted by atomic mass is 10.2. The van der Waals surface area contributed by atoms with Crippen LogP contribution < -0.4 is 16.6 Å². The molecule has 0 aliphatic rings. The fraction of sp³-hybridized carbons (Fsp3) is 0.500. The van der Waals surface area contributed by atoms with Gasteiger partial charge in [0.1, 0.15) is 0 Å². The van der Waals surface area contributed by atoms with Gasteiger partial charge in [0, 0.05) is 6.04 Å². The highest BCUT2D eigenvalue weighted by Crippen LogP contribution is 1.89. The molecule has 1 unspecified atom stereocenters. The number of aromatic nitrogens is 3. The number of carbonyl (C=O) groups excluding carboxylic acids is 1. The first-order chi connectivity index (χ1) is 7.04. The van der Waals surface area contributed by atoms with Crippen LogP contribution >= 0.6 is 0 Å². The summed E-state index contributed by atoms with van der Waals surface area (Å²) < 4.78 is 0. The van der Waals surface area contributed by atoms with E-state index in [1.807, 2.05) is 17.0 Å². The van der Waals surface area contributed by atoms with Crippen LogP contribution in [0.1, 0.15) is 30.8 Å². The van der Waals surface area contributed by atoms with Crippen molar-refractivity contribution >= 4 is 5.91 Å². The Morgan fingerprint density at radius 1 is 1.53 bits per heavy atom. The highest BCUT2D eigenvalue weighted by Gasteiger charge is 2.14. The van der Waals surface area contributed by atoms with Gasteiger partial charge in [0.2, 0.25) is 5.69 Å². The van der Waals surface area contributed by atoms with E-state index in [1.165, 1.54) is 0 Å². The largest absolute Gasteiger partial charge is 0.348 e. The van der Waals surface area contributed by atoms with Gasteiger partial charge in [-0.2, -0.15) is 5.10 Å². The first-order valence-corrected chi connectivity index (χ1v) is 4.54. The van der Waals surface area contributed by atoms with E-state index in [2.05, 4.69) is 10.4 Å². The number of H-pyrrole nitrogens is 2. The normalized spacial score (nSPS) is 12.1. The lowest BCUT2D eigenvalue weighted by Gasteiger charge is -2.09. The van der Waals surface area contributed by atoms with Crippen molar-refractivity contribution in [3.63, 3.8) is 0 Å². The lowest BCUT2D eigenvalue weighted by Crippen LogP contribution is -2.39. The molecule has 15 heavy (non-hydrogen) atoms. The number of aromatic amines is 2. The van der Waals surface area contributed by atoms with Gasteiger partial charge in [0.25, 0.3) is 11.5 Å². The van der Waals surface area contributed by atoms with Gasteiger partial charge in [0.05, 0.1) is 0 Å². The molecule has 0 fully saturated rings. The molecular weight excluding hydrogens is 200 g/mol. The summed E-state index contributed by atoms with van der Waals surface area (Å²) in [4.78, 5) is 35.1. The third-order valence-electron chi connectivity index (χ3n) is 1.92. The zero-order chi connectivity index (χ0) is 11.4. The van der Waals surface area contributed by atoms with Crippen molar-refractivity contribution in [3.05, 3.63) is 26.5 Å². The molecule has 3 N–H and O–H groups in total. The van der Waals surface area contributed by atoms with Crippen LogP contribution in [0, 0.1) is 0 Å². The zero-order valence-corrected chi connectivity index (χ0v) is 8.46. The van der Waals surface area contributed by atoms with Crippen LogP contribution in [0.3, 0.4) is 0 Å². The van der Waals surface area contributed by atoms with Crippen LogP contribution in [0.15, 0.2) is 9.59 Å². The molecule has 1 aromatic rings. The number of nitrogens with one attached hydrogen (secondary N) is 3. The van der Waals surface area contributed by atoms with Crippen molar-refractivity contribution in [1.82, 2.24) is 20.5 Å². The smallest absolute Gasteiger partial charge is 0.342 e. The van der Waals surface area contributed by atoms with Crippen molar-refractivity contribution in [1.29, 1.82) is 0 Å². The quantitative estimate of drug-likeness (QED) is 0.596. The summed E-state index contributed by atoms with van der Waals surface area (Å²) in [6.07, 6.45) is 0.743. The molecular formula is C8H12N4O3. The molecule has 1 heterocycles. The molecule has 0 saturated carbocycles. The van der Waals surface area contributed by atoms with E-state index in [0.717, 1.165) is 6.42 Å². The molecule has 7 heteroatoms. The molecule has 0 radical (unpaired) electrons. The molecule has 1 aromatic heterocycles. The topological polar surface area (TPSA) is 108 Å². The summed E-state index contributed by atoms with van der Waals surface area (Å²) in [7, 11) is 0. The Balaban J connectivity index is 2.92. The van der Waals surface area contributed by atoms with Crippen LogP contribution in [0.25, 0.3) is 0 Å². The van der Waals surface area contributed by atoms with Crippen molar-refractivity contribution in [2.24, 2.45) is 0 Å². The average Bonchev–Trinajstić information content (AvgIpc) is 2.17. The van der Waals surface area contributed by atoms with Crippen molar-refractivity contribution in [2.45, 2.75) is 26.3 Å². The number of amides is 1. The minimum absolute atomic E-state index is 0.0503. The van der Waals surface area contributed by atoms with Crippen molar-refractivity contribution in [2.75, 3.05) is 0 Å². The van der Waals surface area contributed by atoms with E-state index in [1.54, 1.807) is 6.92 Å². The Morgan fingerprint density at radius 2 is 2.20 bits per heavy atom. The van der Waals surface area contributed by atoms with Crippen LogP contribution in [0.5, 0.6) is 0 Å². The van der Waals surface area contributed by atoms with Gasteiger partial charge in [-0.3, -0.25) is 14.6 Å². The highest BCUT2D eigenvalue weighted by atomic mass is 16.2. The minimum Gasteiger partial charge on any atom is -0.348 e. The summed E-state index contributed by atoms with van der Waals surface area (Å²) in [5.41, 5.74) is -1.87. The molecule has 0 aliphatic heterocycles. The van der Waals surface area contributed by atoms with Crippen LogP contribution in [0.2, 0.25) is 0 Å². The Labute approximate surface area is 84.9 Å². The van der Waals surface area contributed by atoms with E-state index in [9.17, 15) is 14.4 Å². The Kier molecular flexibility index (Phi) is 3.37. The first kappa shape index (κ1) is 11.2. The molecule has 0 aromatic carbocycles. The lowest BCUT2D eigenvalue weighted by molar-refractivity contribution is 0.0931. The number of rotatable bonds is 3. The van der Waals surface area contributed by atoms with E-state index >= 15 is 0 Å². The molecule has 7 nitrogen and oxygen atoms in total. The van der Waals surface area contributed by atoms with Crippen LogP contribution in [0.4, 0.5) is 0 Å². The molecule has 0 bridgehead atoms. The number of hydrogen-bond donors (Lipinski definition) is 3. The second-order valence-corrected chi connectivity index (χ2v) is 3.14. The van der Waals surface area contributed by atoms with Gasteiger partial charge in [-0.05, 0) is 13.3 Å². The second-order valence-electron chi connectivity index (χ2n) is 3.14. The fourth-order valence-electron chi connectivity index (χ4n) is 0.896. The Morgan fingerprint density at radius 3 is 2.73 bits per heavy atom. The predicted octanol–water partition coefficient (Wildman–Crippen LogP) is -1.01. The summed E-state index contributed by atoms with van der Waals surface area (Å²) >= 11 is 0. The summed E-state index contributed by atoms with van der Waals surface area (Å²) in [6.45, 7) is 3.70. The zero-order valence-electron chi connectivity index (χ0n) is 8.46. The molecule has 0 spiro atoms. The Hall–Kier alpha value is -1.92. The van der Waals surface area contributed by atoms with Crippen LogP contribution in [-0.2, 0) is 0 Å². The molecule has 0 aliphatic carbocycles. The SMILES string of the molecule is CCC(C)NC(=O)c1n[nH]c(=O)[nH]c1=O. The average molecular weight is 212 g/mol. The summed E-state index contributed by atoms with van der Waals surface area (Å²) in [5.74, 6) is -0.596. The minimum atomic E-state index is -0.792. The van der Waals surface area contributed by atoms with Gasteiger partial charge in [0.15, 0.2) is 0 Å². The van der Waals surface area contributed by atoms with E-state index in [4.69, 9.17) is 0 Å². The first-order valence-electron chi connectivity index (χ1n) is 4.54. The standard InChI is InChI=1S/C8H12N4O3/c1-3-4(2)9-6(13)5-7(14)10-8(15)12-11-5/h4H,3H2,1-2H3,(H,9,13)(H2,10,12,14,15). The fourth-order valence-corrected chi connectivity index (χ4v) is 0.896. The molecule has 1 atom stereocenters. The predicted molar refractivity (Wildman–Crippen MR) is 52.7 cm³/mol. The number of carbonyl (C=O) groups is 1. The summed E-state index contributed by atoms with van der Waals surface area (Å²) in [5, 5.41) is 7.93. The van der Waals surface area contributed by atoms with E-state index < -0.39 is 17.2 Å². The maximum atomic E-state index is 11.4. The van der Waals surface area contributed by atoms with Crippen LogP contribution in [-0.4, -0.2) is 27.1 Å². The third kappa shape index (κ3) is 2.76.